The molecular formula is C14H15N3O4. The lowest BCUT2D eigenvalue weighted by Crippen LogP contribution is -2.36. The minimum atomic E-state index is -0.356. The Morgan fingerprint density at radius 3 is 2.76 bits per heavy atom. The van der Waals surface area contributed by atoms with Crippen LogP contribution in [0.1, 0.15) is 15.9 Å². The molecule has 0 atom stereocenters. The SMILES string of the molecule is COc1ccc(CNC(=O)CNC(=O)c2ccoc2)cn1. The van der Waals surface area contributed by atoms with Crippen LogP contribution >= 0.6 is 0 Å². The van der Waals surface area contributed by atoms with Crippen LogP contribution in [0.5, 0.6) is 5.88 Å². The minimum absolute atomic E-state index is 0.104. The van der Waals surface area contributed by atoms with Gasteiger partial charge in [-0.15, -0.1) is 0 Å². The zero-order valence-electron chi connectivity index (χ0n) is 11.5. The fourth-order valence-corrected chi connectivity index (χ4v) is 1.56. The quantitative estimate of drug-likeness (QED) is 0.817. The smallest absolute Gasteiger partial charge is 0.254 e. The standard InChI is InChI=1S/C14H15N3O4/c1-20-13-3-2-10(7-16-13)6-15-12(18)8-17-14(19)11-4-5-21-9-11/h2-5,7,9H,6,8H2,1H3,(H,15,18)(H,17,19). The second kappa shape index (κ2) is 7.09. The van der Waals surface area contributed by atoms with E-state index in [1.807, 2.05) is 0 Å². The average Bonchev–Trinajstić information content (AvgIpc) is 3.05. The third-order valence-corrected chi connectivity index (χ3v) is 2.69. The van der Waals surface area contributed by atoms with Gasteiger partial charge in [-0.3, -0.25) is 9.59 Å². The van der Waals surface area contributed by atoms with Gasteiger partial charge in [0.1, 0.15) is 6.26 Å². The summed E-state index contributed by atoms with van der Waals surface area (Å²) < 4.78 is 9.73. The molecular weight excluding hydrogens is 274 g/mol. The minimum Gasteiger partial charge on any atom is -0.481 e. The molecule has 0 aliphatic carbocycles. The summed E-state index contributed by atoms with van der Waals surface area (Å²) in [6, 6.07) is 5.04. The van der Waals surface area contributed by atoms with E-state index >= 15 is 0 Å². The molecule has 0 aromatic carbocycles. The number of furan rings is 1. The number of nitrogens with zero attached hydrogens (tertiary/aromatic N) is 1. The van der Waals surface area contributed by atoms with Gasteiger partial charge in [-0.25, -0.2) is 4.98 Å². The summed E-state index contributed by atoms with van der Waals surface area (Å²) in [6.45, 7) is 0.227. The Bertz CT molecular complexity index is 593. The molecule has 7 nitrogen and oxygen atoms in total. The van der Waals surface area contributed by atoms with Gasteiger partial charge in [-0.2, -0.15) is 0 Å². The summed E-state index contributed by atoms with van der Waals surface area (Å²) in [5.74, 6) is -0.134. The first-order chi connectivity index (χ1) is 10.2. The summed E-state index contributed by atoms with van der Waals surface area (Å²) in [4.78, 5) is 27.2. The van der Waals surface area contributed by atoms with E-state index in [1.165, 1.54) is 25.7 Å². The fourth-order valence-electron chi connectivity index (χ4n) is 1.56. The van der Waals surface area contributed by atoms with Gasteiger partial charge in [-0.1, -0.05) is 6.07 Å². The summed E-state index contributed by atoms with van der Waals surface area (Å²) in [5.41, 5.74) is 1.22. The van der Waals surface area contributed by atoms with Crippen LogP contribution in [0.15, 0.2) is 41.3 Å². The maximum absolute atomic E-state index is 11.6. The van der Waals surface area contributed by atoms with E-state index in [9.17, 15) is 9.59 Å². The highest BCUT2D eigenvalue weighted by Crippen LogP contribution is 2.06. The lowest BCUT2D eigenvalue weighted by molar-refractivity contribution is -0.120. The number of hydrogen-bond donors (Lipinski definition) is 2. The number of methoxy groups -OCH3 is 1. The number of pyridine rings is 1. The van der Waals surface area contributed by atoms with Gasteiger partial charge >= 0.3 is 0 Å². The predicted molar refractivity (Wildman–Crippen MR) is 73.7 cm³/mol. The van der Waals surface area contributed by atoms with Crippen molar-refractivity contribution < 1.29 is 18.7 Å². The predicted octanol–water partition coefficient (Wildman–Crippen LogP) is 0.729. The maximum Gasteiger partial charge on any atom is 0.254 e. The van der Waals surface area contributed by atoms with Crippen LogP contribution in [-0.4, -0.2) is 30.5 Å². The van der Waals surface area contributed by atoms with E-state index in [4.69, 9.17) is 9.15 Å². The molecule has 2 amide bonds. The van der Waals surface area contributed by atoms with Crippen LogP contribution in [0.2, 0.25) is 0 Å². The molecule has 2 heterocycles. The van der Waals surface area contributed by atoms with Crippen molar-refractivity contribution in [3.8, 4) is 5.88 Å². The molecule has 2 rings (SSSR count). The topological polar surface area (TPSA) is 93.5 Å². The Balaban J connectivity index is 1.73. The van der Waals surface area contributed by atoms with Crippen LogP contribution in [0.25, 0.3) is 0 Å². The highest BCUT2D eigenvalue weighted by molar-refractivity contribution is 5.96. The van der Waals surface area contributed by atoms with Crippen LogP contribution in [0.4, 0.5) is 0 Å². The highest BCUT2D eigenvalue weighted by Gasteiger charge is 2.08. The summed E-state index contributed by atoms with van der Waals surface area (Å²) in [7, 11) is 1.53. The van der Waals surface area contributed by atoms with Crippen LogP contribution < -0.4 is 15.4 Å². The van der Waals surface area contributed by atoms with Gasteiger partial charge in [-0.05, 0) is 11.6 Å². The monoisotopic (exact) mass is 289 g/mol. The Morgan fingerprint density at radius 1 is 1.29 bits per heavy atom. The fraction of sp³-hybridized carbons (Fsp3) is 0.214. The first kappa shape index (κ1) is 14.6. The number of amides is 2. The zero-order valence-corrected chi connectivity index (χ0v) is 11.5. The van der Waals surface area contributed by atoms with E-state index < -0.39 is 0 Å². The normalized spacial score (nSPS) is 9.95. The number of rotatable bonds is 6. The van der Waals surface area contributed by atoms with E-state index in [-0.39, 0.29) is 18.4 Å². The zero-order chi connectivity index (χ0) is 15.1. The second-order valence-electron chi connectivity index (χ2n) is 4.18. The van der Waals surface area contributed by atoms with E-state index in [0.717, 1.165) is 5.56 Å². The largest absolute Gasteiger partial charge is 0.481 e. The van der Waals surface area contributed by atoms with E-state index in [2.05, 4.69) is 15.6 Å². The molecule has 0 saturated heterocycles. The maximum atomic E-state index is 11.6. The van der Waals surface area contributed by atoms with Crippen molar-refractivity contribution in [2.24, 2.45) is 0 Å². The number of ether oxygens (including phenoxy) is 1. The van der Waals surface area contributed by atoms with Gasteiger partial charge in [0.05, 0.1) is 25.5 Å². The third kappa shape index (κ3) is 4.34. The van der Waals surface area contributed by atoms with Gasteiger partial charge in [0.2, 0.25) is 11.8 Å². The van der Waals surface area contributed by atoms with Crippen molar-refractivity contribution in [3.05, 3.63) is 48.0 Å². The van der Waals surface area contributed by atoms with Gasteiger partial charge in [0, 0.05) is 18.8 Å². The molecule has 110 valence electrons. The second-order valence-corrected chi connectivity index (χ2v) is 4.18. The van der Waals surface area contributed by atoms with Gasteiger partial charge in [0.25, 0.3) is 5.91 Å². The Kier molecular flexibility index (Phi) is 4.92. The van der Waals surface area contributed by atoms with Gasteiger partial charge in [0.15, 0.2) is 0 Å². The lowest BCUT2D eigenvalue weighted by Gasteiger charge is -2.06. The van der Waals surface area contributed by atoms with Crippen LogP contribution in [-0.2, 0) is 11.3 Å². The van der Waals surface area contributed by atoms with E-state index in [0.29, 0.717) is 18.0 Å². The number of aromatic nitrogens is 1. The molecule has 2 N–H and O–H groups in total. The molecule has 0 spiro atoms. The molecule has 2 aromatic rings. The molecule has 0 bridgehead atoms. The van der Waals surface area contributed by atoms with Crippen LogP contribution in [0, 0.1) is 0 Å². The van der Waals surface area contributed by atoms with Crippen molar-refractivity contribution in [1.29, 1.82) is 0 Å². The molecule has 0 radical (unpaired) electrons. The molecule has 0 fully saturated rings. The van der Waals surface area contributed by atoms with Crippen molar-refractivity contribution in [1.82, 2.24) is 15.6 Å². The van der Waals surface area contributed by atoms with Crippen molar-refractivity contribution in [2.45, 2.75) is 6.54 Å². The number of carbonyl (C=O) groups is 2. The molecule has 0 saturated carbocycles. The first-order valence-corrected chi connectivity index (χ1v) is 6.25. The third-order valence-electron chi connectivity index (χ3n) is 2.69. The van der Waals surface area contributed by atoms with Gasteiger partial charge < -0.3 is 19.8 Å². The first-order valence-electron chi connectivity index (χ1n) is 6.25. The average molecular weight is 289 g/mol. The molecule has 0 aliphatic heterocycles. The Labute approximate surface area is 121 Å². The molecule has 0 unspecified atom stereocenters. The Hall–Kier alpha value is -2.83. The highest BCUT2D eigenvalue weighted by atomic mass is 16.5. The summed E-state index contributed by atoms with van der Waals surface area (Å²) in [6.07, 6.45) is 4.32. The summed E-state index contributed by atoms with van der Waals surface area (Å²) in [5, 5.41) is 5.17. The molecule has 7 heteroatoms. The number of carbonyl (C=O) groups excluding carboxylic acids is 2. The summed E-state index contributed by atoms with van der Waals surface area (Å²) >= 11 is 0. The Morgan fingerprint density at radius 2 is 2.14 bits per heavy atom. The molecule has 2 aromatic heterocycles. The number of hydrogen-bond acceptors (Lipinski definition) is 5. The lowest BCUT2D eigenvalue weighted by atomic mass is 10.3. The van der Waals surface area contributed by atoms with E-state index in [1.54, 1.807) is 18.3 Å². The van der Waals surface area contributed by atoms with Crippen molar-refractivity contribution in [2.75, 3.05) is 13.7 Å². The molecule has 21 heavy (non-hydrogen) atoms. The van der Waals surface area contributed by atoms with Crippen molar-refractivity contribution in [3.63, 3.8) is 0 Å². The molecule has 0 aliphatic rings. The van der Waals surface area contributed by atoms with Crippen LogP contribution in [0.3, 0.4) is 0 Å². The van der Waals surface area contributed by atoms with Crippen molar-refractivity contribution >= 4 is 11.8 Å². The number of nitrogens with one attached hydrogen (secondary N) is 2.